The van der Waals surface area contributed by atoms with Crippen LogP contribution in [0.25, 0.3) is 27.7 Å². The fourth-order valence-electron chi connectivity index (χ4n) is 4.46. The molecule has 0 bridgehead atoms. The van der Waals surface area contributed by atoms with Gasteiger partial charge in [0.05, 0.1) is 5.52 Å². The van der Waals surface area contributed by atoms with Crippen LogP contribution in [0.15, 0.2) is 67.0 Å². The number of ether oxygens (including phenoxy) is 1. The van der Waals surface area contributed by atoms with Crippen LogP contribution < -0.4 is 15.8 Å². The Morgan fingerprint density at radius 3 is 2.67 bits per heavy atom. The molecule has 0 spiro atoms. The molecule has 3 heterocycles. The van der Waals surface area contributed by atoms with Gasteiger partial charge in [0, 0.05) is 48.1 Å². The van der Waals surface area contributed by atoms with Crippen LogP contribution >= 0.6 is 0 Å². The number of aromatic nitrogens is 4. The second-order valence-electron chi connectivity index (χ2n) is 8.38. The maximum absolute atomic E-state index is 6.32. The van der Waals surface area contributed by atoms with Crippen LogP contribution in [0.1, 0.15) is 31.0 Å². The van der Waals surface area contributed by atoms with E-state index in [2.05, 4.69) is 26.8 Å². The number of benzene rings is 2. The van der Waals surface area contributed by atoms with Gasteiger partial charge < -0.3 is 15.8 Å². The summed E-state index contributed by atoms with van der Waals surface area (Å²) >= 11 is 0. The highest BCUT2D eigenvalue weighted by Gasteiger charge is 2.27. The molecular formula is C26H24N6O. The van der Waals surface area contributed by atoms with Gasteiger partial charge in [-0.15, -0.1) is 0 Å². The van der Waals surface area contributed by atoms with E-state index in [0.717, 1.165) is 57.8 Å². The third kappa shape index (κ3) is 3.33. The lowest BCUT2D eigenvalue weighted by Crippen LogP contribution is -2.12. The predicted molar refractivity (Wildman–Crippen MR) is 131 cm³/mol. The van der Waals surface area contributed by atoms with Crippen molar-refractivity contribution in [2.24, 2.45) is 0 Å². The Morgan fingerprint density at radius 2 is 1.91 bits per heavy atom. The molecule has 3 N–H and O–H groups in total. The van der Waals surface area contributed by atoms with Crippen LogP contribution in [0.2, 0.25) is 0 Å². The van der Waals surface area contributed by atoms with E-state index >= 15 is 0 Å². The van der Waals surface area contributed by atoms with Crippen molar-refractivity contribution in [3.63, 3.8) is 0 Å². The van der Waals surface area contributed by atoms with E-state index in [9.17, 15) is 0 Å². The lowest BCUT2D eigenvalue weighted by atomic mass is 9.85. The van der Waals surface area contributed by atoms with Gasteiger partial charge >= 0.3 is 0 Å². The smallest absolute Gasteiger partial charge is 0.221 e. The predicted octanol–water partition coefficient (Wildman–Crippen LogP) is 5.63. The zero-order chi connectivity index (χ0) is 22.4. The van der Waals surface area contributed by atoms with E-state index < -0.39 is 0 Å². The van der Waals surface area contributed by atoms with Crippen LogP contribution in [-0.4, -0.2) is 26.4 Å². The third-order valence-electron chi connectivity index (χ3n) is 6.38. The molecule has 1 aliphatic carbocycles. The molecule has 3 aromatic heterocycles. The maximum atomic E-state index is 6.32. The van der Waals surface area contributed by atoms with Gasteiger partial charge in [-0.3, -0.25) is 4.40 Å². The van der Waals surface area contributed by atoms with E-state index in [1.54, 1.807) is 6.20 Å². The largest absolute Gasteiger partial charge is 0.439 e. The number of nitrogens with one attached hydrogen (secondary N) is 1. The van der Waals surface area contributed by atoms with Gasteiger partial charge in [-0.1, -0.05) is 36.8 Å². The Hall–Kier alpha value is -4.13. The number of para-hydroxylation sites is 1. The summed E-state index contributed by atoms with van der Waals surface area (Å²) in [6, 6.07) is 17.8. The topological polar surface area (TPSA) is 90.4 Å². The molecule has 0 radical (unpaired) electrons. The van der Waals surface area contributed by atoms with Gasteiger partial charge in [-0.25, -0.2) is 15.0 Å². The van der Waals surface area contributed by atoms with E-state index in [0.29, 0.717) is 17.6 Å². The van der Waals surface area contributed by atoms with Crippen molar-refractivity contribution < 1.29 is 4.74 Å². The van der Waals surface area contributed by atoms with Crippen LogP contribution in [0.5, 0.6) is 11.6 Å². The first kappa shape index (κ1) is 19.5. The number of anilines is 2. The number of pyridine rings is 1. The SMILES string of the molecule is CNc1cc(Oc2ccccc2)nc2cc(-c3nc(C4CCC4)n4ccnc(N)c34)ccc12. The first-order valence-electron chi connectivity index (χ1n) is 11.2. The van der Waals surface area contributed by atoms with E-state index in [1.807, 2.05) is 55.7 Å². The average molecular weight is 437 g/mol. The molecule has 7 nitrogen and oxygen atoms in total. The summed E-state index contributed by atoms with van der Waals surface area (Å²) in [5.74, 6) is 3.28. The molecule has 164 valence electrons. The number of nitrogens with two attached hydrogens (primary N) is 1. The molecule has 0 unspecified atom stereocenters. The Labute approximate surface area is 191 Å². The summed E-state index contributed by atoms with van der Waals surface area (Å²) in [7, 11) is 1.90. The number of fused-ring (bicyclic) bond motifs is 2. The van der Waals surface area contributed by atoms with Crippen LogP contribution in [-0.2, 0) is 0 Å². The molecule has 1 fully saturated rings. The van der Waals surface area contributed by atoms with E-state index in [-0.39, 0.29) is 0 Å². The van der Waals surface area contributed by atoms with Crippen molar-refractivity contribution in [2.75, 3.05) is 18.1 Å². The van der Waals surface area contributed by atoms with Crippen molar-refractivity contribution >= 4 is 27.9 Å². The Kier molecular flexibility index (Phi) is 4.61. The van der Waals surface area contributed by atoms with Gasteiger partial charge in [0.2, 0.25) is 5.88 Å². The molecule has 0 amide bonds. The molecule has 0 saturated heterocycles. The number of nitrogens with zero attached hydrogens (tertiary/aromatic N) is 4. The summed E-state index contributed by atoms with van der Waals surface area (Å²) in [6.07, 6.45) is 7.26. The van der Waals surface area contributed by atoms with Gasteiger partial charge in [0.15, 0.2) is 0 Å². The third-order valence-corrected chi connectivity index (χ3v) is 6.38. The monoisotopic (exact) mass is 436 g/mol. The maximum Gasteiger partial charge on any atom is 0.221 e. The summed E-state index contributed by atoms with van der Waals surface area (Å²) in [5, 5.41) is 4.27. The molecule has 1 aliphatic rings. The molecular weight excluding hydrogens is 412 g/mol. The highest BCUT2D eigenvalue weighted by molar-refractivity contribution is 5.96. The fraction of sp³-hybridized carbons (Fsp3) is 0.192. The zero-order valence-corrected chi connectivity index (χ0v) is 18.3. The first-order valence-corrected chi connectivity index (χ1v) is 11.2. The normalized spacial score (nSPS) is 13.8. The van der Waals surface area contributed by atoms with Gasteiger partial charge in [-0.2, -0.15) is 0 Å². The molecule has 0 atom stereocenters. The van der Waals surface area contributed by atoms with Crippen molar-refractivity contribution in [3.8, 4) is 22.9 Å². The zero-order valence-electron chi connectivity index (χ0n) is 18.3. The molecule has 5 aromatic rings. The van der Waals surface area contributed by atoms with Crippen molar-refractivity contribution in [1.29, 1.82) is 0 Å². The number of imidazole rings is 1. The minimum Gasteiger partial charge on any atom is -0.439 e. The molecule has 2 aromatic carbocycles. The summed E-state index contributed by atoms with van der Waals surface area (Å²) < 4.78 is 8.13. The Morgan fingerprint density at radius 1 is 1.06 bits per heavy atom. The first-order chi connectivity index (χ1) is 16.2. The Balaban J connectivity index is 1.50. The second-order valence-corrected chi connectivity index (χ2v) is 8.38. The molecule has 1 saturated carbocycles. The lowest BCUT2D eigenvalue weighted by molar-refractivity contribution is 0.400. The van der Waals surface area contributed by atoms with Gasteiger partial charge in [0.25, 0.3) is 0 Å². The van der Waals surface area contributed by atoms with Crippen molar-refractivity contribution in [2.45, 2.75) is 25.2 Å². The molecule has 33 heavy (non-hydrogen) atoms. The van der Waals surface area contributed by atoms with E-state index in [1.165, 1.54) is 6.42 Å². The summed E-state index contributed by atoms with van der Waals surface area (Å²) in [4.78, 5) is 14.2. The van der Waals surface area contributed by atoms with E-state index in [4.69, 9.17) is 20.4 Å². The number of hydrogen-bond acceptors (Lipinski definition) is 6. The number of rotatable bonds is 5. The summed E-state index contributed by atoms with van der Waals surface area (Å²) in [6.45, 7) is 0. The quantitative estimate of drug-likeness (QED) is 0.371. The minimum absolute atomic E-state index is 0.466. The minimum atomic E-state index is 0.466. The lowest BCUT2D eigenvalue weighted by Gasteiger charge is -2.23. The van der Waals surface area contributed by atoms with Crippen LogP contribution in [0.4, 0.5) is 11.5 Å². The van der Waals surface area contributed by atoms with Gasteiger partial charge in [0.1, 0.15) is 28.6 Å². The van der Waals surface area contributed by atoms with Crippen LogP contribution in [0.3, 0.4) is 0 Å². The van der Waals surface area contributed by atoms with Crippen molar-refractivity contribution in [3.05, 3.63) is 72.8 Å². The molecule has 6 rings (SSSR count). The number of nitrogen functional groups attached to an aromatic ring is 1. The highest BCUT2D eigenvalue weighted by atomic mass is 16.5. The average Bonchev–Trinajstić information content (AvgIpc) is 3.18. The summed E-state index contributed by atoms with van der Waals surface area (Å²) in [5.41, 5.74) is 10.7. The standard InChI is InChI=1S/C26H24N6O/c1-28-20-15-22(33-18-8-3-2-4-9-18)30-21-14-17(10-11-19(20)21)23-24-25(27)29-12-13-32(24)26(31-23)16-6-5-7-16/h2-4,8-16H,5-7H2,1H3,(H2,27,29)(H,28,30). The molecule has 7 heteroatoms. The number of hydrogen-bond donors (Lipinski definition) is 2. The van der Waals surface area contributed by atoms with Crippen molar-refractivity contribution in [1.82, 2.24) is 19.4 Å². The second kappa shape index (κ2) is 7.78. The molecule has 0 aliphatic heterocycles. The highest BCUT2D eigenvalue weighted by Crippen LogP contribution is 2.40. The van der Waals surface area contributed by atoms with Gasteiger partial charge in [-0.05, 0) is 31.0 Å². The Bertz CT molecular complexity index is 1470. The fourth-order valence-corrected chi connectivity index (χ4v) is 4.46. The van der Waals surface area contributed by atoms with Crippen LogP contribution in [0, 0.1) is 0 Å².